The fourth-order valence-electron chi connectivity index (χ4n) is 2.67. The molecule has 0 saturated heterocycles. The largest absolute Gasteiger partial charge is 0.381 e. The maximum absolute atomic E-state index is 10.9. The fraction of sp³-hybridized carbons (Fsp3) is 0.750. The van der Waals surface area contributed by atoms with Crippen molar-refractivity contribution in [1.82, 2.24) is 9.55 Å². The molecule has 1 aliphatic rings. The molecule has 0 spiro atoms. The van der Waals surface area contributed by atoms with Crippen LogP contribution in [0.15, 0.2) is 12.4 Å². The summed E-state index contributed by atoms with van der Waals surface area (Å²) in [7, 11) is 1.95. The SMILES string of the molecule is Cn1ccnc1C1(O)CCCCC1(C)C. The van der Waals surface area contributed by atoms with Gasteiger partial charge in [-0.05, 0) is 12.8 Å². The van der Waals surface area contributed by atoms with Crippen LogP contribution in [-0.4, -0.2) is 14.7 Å². The Labute approximate surface area is 91.1 Å². The lowest BCUT2D eigenvalue weighted by Crippen LogP contribution is -2.46. The molecule has 2 rings (SSSR count). The summed E-state index contributed by atoms with van der Waals surface area (Å²) in [5, 5.41) is 10.9. The highest BCUT2D eigenvalue weighted by atomic mass is 16.3. The molecule has 1 fully saturated rings. The van der Waals surface area contributed by atoms with E-state index in [1.807, 2.05) is 17.8 Å². The molecule has 15 heavy (non-hydrogen) atoms. The summed E-state index contributed by atoms with van der Waals surface area (Å²) in [6, 6.07) is 0. The summed E-state index contributed by atoms with van der Waals surface area (Å²) in [6.07, 6.45) is 7.85. The van der Waals surface area contributed by atoms with Gasteiger partial charge in [-0.25, -0.2) is 4.98 Å². The molecule has 1 atom stereocenters. The number of hydrogen-bond acceptors (Lipinski definition) is 2. The Morgan fingerprint density at radius 2 is 2.00 bits per heavy atom. The molecule has 1 saturated carbocycles. The molecule has 0 aromatic carbocycles. The second-order valence-electron chi connectivity index (χ2n) is 5.31. The van der Waals surface area contributed by atoms with Crippen molar-refractivity contribution in [3.05, 3.63) is 18.2 Å². The Bertz CT molecular complexity index is 356. The Morgan fingerprint density at radius 1 is 1.33 bits per heavy atom. The van der Waals surface area contributed by atoms with Gasteiger partial charge in [-0.1, -0.05) is 26.7 Å². The summed E-state index contributed by atoms with van der Waals surface area (Å²) in [5.74, 6) is 0.812. The maximum Gasteiger partial charge on any atom is 0.141 e. The van der Waals surface area contributed by atoms with Crippen LogP contribution in [0.3, 0.4) is 0 Å². The lowest BCUT2D eigenvalue weighted by molar-refractivity contribution is -0.112. The molecule has 0 amide bonds. The lowest BCUT2D eigenvalue weighted by Gasteiger charge is -2.45. The Balaban J connectivity index is 2.44. The van der Waals surface area contributed by atoms with Crippen LogP contribution in [0, 0.1) is 5.41 Å². The number of rotatable bonds is 1. The highest BCUT2D eigenvalue weighted by Gasteiger charge is 2.48. The number of nitrogens with zero attached hydrogens (tertiary/aromatic N) is 2. The molecule has 3 heteroatoms. The van der Waals surface area contributed by atoms with Gasteiger partial charge in [-0.15, -0.1) is 0 Å². The van der Waals surface area contributed by atoms with E-state index in [-0.39, 0.29) is 5.41 Å². The van der Waals surface area contributed by atoms with Crippen molar-refractivity contribution in [2.24, 2.45) is 12.5 Å². The van der Waals surface area contributed by atoms with Crippen LogP contribution >= 0.6 is 0 Å². The van der Waals surface area contributed by atoms with Crippen molar-refractivity contribution in [2.45, 2.75) is 45.1 Å². The monoisotopic (exact) mass is 208 g/mol. The molecular weight excluding hydrogens is 188 g/mol. The van der Waals surface area contributed by atoms with Crippen LogP contribution < -0.4 is 0 Å². The molecule has 1 aromatic rings. The van der Waals surface area contributed by atoms with Gasteiger partial charge < -0.3 is 9.67 Å². The van der Waals surface area contributed by atoms with Gasteiger partial charge in [0.2, 0.25) is 0 Å². The first-order valence-corrected chi connectivity index (χ1v) is 5.67. The van der Waals surface area contributed by atoms with E-state index in [9.17, 15) is 5.11 Å². The highest BCUT2D eigenvalue weighted by molar-refractivity contribution is 5.11. The normalized spacial score (nSPS) is 30.4. The van der Waals surface area contributed by atoms with Crippen molar-refractivity contribution in [3.63, 3.8) is 0 Å². The van der Waals surface area contributed by atoms with E-state index in [1.165, 1.54) is 6.42 Å². The first-order chi connectivity index (χ1) is 6.97. The zero-order valence-electron chi connectivity index (χ0n) is 9.82. The molecule has 1 unspecified atom stereocenters. The number of hydrogen-bond donors (Lipinski definition) is 1. The lowest BCUT2D eigenvalue weighted by atomic mass is 9.65. The molecule has 1 aliphatic carbocycles. The minimum Gasteiger partial charge on any atom is -0.381 e. The van der Waals surface area contributed by atoms with Crippen molar-refractivity contribution >= 4 is 0 Å². The van der Waals surface area contributed by atoms with E-state index in [0.717, 1.165) is 25.1 Å². The van der Waals surface area contributed by atoms with E-state index in [2.05, 4.69) is 18.8 Å². The van der Waals surface area contributed by atoms with Crippen LogP contribution in [0.5, 0.6) is 0 Å². The first kappa shape index (κ1) is 10.7. The number of aromatic nitrogens is 2. The quantitative estimate of drug-likeness (QED) is 0.768. The van der Waals surface area contributed by atoms with Gasteiger partial charge in [0.15, 0.2) is 0 Å². The Hall–Kier alpha value is -0.830. The zero-order valence-corrected chi connectivity index (χ0v) is 9.82. The zero-order chi connectivity index (χ0) is 11.1. The van der Waals surface area contributed by atoms with E-state index in [4.69, 9.17) is 0 Å². The van der Waals surface area contributed by atoms with E-state index >= 15 is 0 Å². The average molecular weight is 208 g/mol. The highest BCUT2D eigenvalue weighted by Crippen LogP contribution is 2.49. The van der Waals surface area contributed by atoms with Gasteiger partial charge in [-0.3, -0.25) is 0 Å². The first-order valence-electron chi connectivity index (χ1n) is 5.67. The molecular formula is C12H20N2O. The van der Waals surface area contributed by atoms with Gasteiger partial charge in [0.05, 0.1) is 0 Å². The third-order valence-corrected chi connectivity index (χ3v) is 3.90. The molecule has 1 heterocycles. The van der Waals surface area contributed by atoms with Crippen LogP contribution in [0.1, 0.15) is 45.4 Å². The third-order valence-electron chi connectivity index (χ3n) is 3.90. The molecule has 3 nitrogen and oxygen atoms in total. The van der Waals surface area contributed by atoms with Crippen LogP contribution in [0.4, 0.5) is 0 Å². The summed E-state index contributed by atoms with van der Waals surface area (Å²) in [4.78, 5) is 4.32. The maximum atomic E-state index is 10.9. The predicted molar refractivity (Wildman–Crippen MR) is 59.4 cm³/mol. The molecule has 0 radical (unpaired) electrons. The Morgan fingerprint density at radius 3 is 2.53 bits per heavy atom. The standard InChI is InChI=1S/C12H20N2O/c1-11(2)6-4-5-7-12(11,15)10-13-8-9-14(10)3/h8-9,15H,4-7H2,1-3H3. The van der Waals surface area contributed by atoms with Gasteiger partial charge in [-0.2, -0.15) is 0 Å². The fourth-order valence-corrected chi connectivity index (χ4v) is 2.67. The molecule has 0 bridgehead atoms. The predicted octanol–water partition coefficient (Wildman–Crippen LogP) is 2.21. The van der Waals surface area contributed by atoms with Gasteiger partial charge >= 0.3 is 0 Å². The van der Waals surface area contributed by atoms with Gasteiger partial charge in [0.25, 0.3) is 0 Å². The smallest absolute Gasteiger partial charge is 0.141 e. The molecule has 1 aromatic heterocycles. The molecule has 0 aliphatic heterocycles. The van der Waals surface area contributed by atoms with E-state index in [1.54, 1.807) is 6.20 Å². The topological polar surface area (TPSA) is 38.0 Å². The van der Waals surface area contributed by atoms with Crippen molar-refractivity contribution in [2.75, 3.05) is 0 Å². The summed E-state index contributed by atoms with van der Waals surface area (Å²) < 4.78 is 1.94. The van der Waals surface area contributed by atoms with Crippen LogP contribution in [-0.2, 0) is 12.6 Å². The van der Waals surface area contributed by atoms with Crippen molar-refractivity contribution in [1.29, 1.82) is 0 Å². The summed E-state index contributed by atoms with van der Waals surface area (Å²) in [5.41, 5.74) is -0.839. The van der Waals surface area contributed by atoms with Crippen molar-refractivity contribution in [3.8, 4) is 0 Å². The molecule has 84 valence electrons. The second-order valence-corrected chi connectivity index (χ2v) is 5.31. The number of aliphatic hydroxyl groups is 1. The summed E-state index contributed by atoms with van der Waals surface area (Å²) in [6.45, 7) is 4.28. The van der Waals surface area contributed by atoms with Crippen LogP contribution in [0.25, 0.3) is 0 Å². The minimum atomic E-state index is -0.760. The minimum absolute atomic E-state index is 0.0790. The second kappa shape index (κ2) is 3.34. The Kier molecular flexibility index (Phi) is 2.38. The van der Waals surface area contributed by atoms with Crippen molar-refractivity contribution < 1.29 is 5.11 Å². The van der Waals surface area contributed by atoms with E-state index < -0.39 is 5.60 Å². The summed E-state index contributed by atoms with van der Waals surface area (Å²) >= 11 is 0. The van der Waals surface area contributed by atoms with E-state index in [0.29, 0.717) is 0 Å². The third kappa shape index (κ3) is 1.49. The average Bonchev–Trinajstić information content (AvgIpc) is 2.57. The van der Waals surface area contributed by atoms with Gasteiger partial charge in [0, 0.05) is 24.9 Å². The number of imidazole rings is 1. The van der Waals surface area contributed by atoms with Crippen LogP contribution in [0.2, 0.25) is 0 Å². The molecule has 1 N–H and O–H groups in total. The number of aryl methyl sites for hydroxylation is 1. The van der Waals surface area contributed by atoms with Gasteiger partial charge in [0.1, 0.15) is 11.4 Å².